The van der Waals surface area contributed by atoms with Gasteiger partial charge in [0.2, 0.25) is 0 Å². The minimum Gasteiger partial charge on any atom is -0.465 e. The smallest absolute Gasteiger partial charge is 0.337 e. The van der Waals surface area contributed by atoms with Crippen molar-refractivity contribution in [2.75, 3.05) is 7.11 Å². The van der Waals surface area contributed by atoms with Crippen LogP contribution in [-0.2, 0) is 4.74 Å². The molecule has 0 saturated heterocycles. The maximum Gasteiger partial charge on any atom is 0.337 e. The predicted octanol–water partition coefficient (Wildman–Crippen LogP) is 4.47. The van der Waals surface area contributed by atoms with Gasteiger partial charge in [0.25, 0.3) is 0 Å². The maximum absolute atomic E-state index is 11.8. The van der Waals surface area contributed by atoms with Crippen LogP contribution in [0.4, 0.5) is 0 Å². The highest BCUT2D eigenvalue weighted by Gasteiger charge is 2.12. The lowest BCUT2D eigenvalue weighted by Gasteiger charge is -2.11. The van der Waals surface area contributed by atoms with E-state index in [0.29, 0.717) is 11.1 Å². The van der Waals surface area contributed by atoms with Crippen molar-refractivity contribution < 1.29 is 9.53 Å². The van der Waals surface area contributed by atoms with Gasteiger partial charge < -0.3 is 4.74 Å². The largest absolute Gasteiger partial charge is 0.465 e. The van der Waals surface area contributed by atoms with E-state index in [2.05, 4.69) is 22.0 Å². The van der Waals surface area contributed by atoms with Gasteiger partial charge in [0.1, 0.15) is 0 Å². The van der Waals surface area contributed by atoms with Crippen LogP contribution < -0.4 is 0 Å². The quantitative estimate of drug-likeness (QED) is 0.610. The lowest BCUT2D eigenvalue weighted by Crippen LogP contribution is -2.03. The monoisotopic (exact) mass is 343 g/mol. The minimum atomic E-state index is -0.373. The zero-order valence-corrected chi connectivity index (χ0v) is 13.3. The SMILES string of the molecule is COC(=O)c1cc(-c2cccc(C#N)c2)cc(C(C)Br)c1. The normalized spacial score (nSPS) is 11.5. The number of ether oxygens (including phenoxy) is 1. The molecule has 3 nitrogen and oxygen atoms in total. The Morgan fingerprint density at radius 2 is 2.00 bits per heavy atom. The van der Waals surface area contributed by atoms with Crippen LogP contribution in [0.15, 0.2) is 42.5 Å². The zero-order chi connectivity index (χ0) is 15.4. The number of nitrogens with zero attached hydrogens (tertiary/aromatic N) is 1. The topological polar surface area (TPSA) is 50.1 Å². The number of halogens is 1. The Labute approximate surface area is 132 Å². The number of rotatable bonds is 3. The van der Waals surface area contributed by atoms with Crippen molar-refractivity contribution in [3.8, 4) is 17.2 Å². The van der Waals surface area contributed by atoms with Gasteiger partial charge in [0.15, 0.2) is 0 Å². The van der Waals surface area contributed by atoms with Gasteiger partial charge in [-0.05, 0) is 53.9 Å². The molecular formula is C17H14BrNO2. The number of benzene rings is 2. The third-order valence-electron chi connectivity index (χ3n) is 3.16. The standard InChI is InChI=1S/C17H14BrNO2/c1-11(18)14-7-15(9-16(8-14)17(20)21-2)13-5-3-4-12(6-13)10-19/h3-9,11H,1-2H3. The molecule has 0 aliphatic rings. The highest BCUT2D eigenvalue weighted by atomic mass is 79.9. The van der Waals surface area contributed by atoms with E-state index in [1.165, 1.54) is 7.11 Å². The van der Waals surface area contributed by atoms with Crippen LogP contribution in [0, 0.1) is 11.3 Å². The second kappa shape index (κ2) is 6.55. The second-order valence-corrected chi connectivity index (χ2v) is 6.02. The molecule has 0 heterocycles. The molecule has 0 saturated carbocycles. The van der Waals surface area contributed by atoms with Gasteiger partial charge in [-0.1, -0.05) is 28.1 Å². The Morgan fingerprint density at radius 1 is 1.24 bits per heavy atom. The maximum atomic E-state index is 11.8. The summed E-state index contributed by atoms with van der Waals surface area (Å²) in [6, 6.07) is 15.0. The van der Waals surface area contributed by atoms with Gasteiger partial charge >= 0.3 is 5.97 Å². The lowest BCUT2D eigenvalue weighted by atomic mass is 9.97. The number of esters is 1. The van der Waals surface area contributed by atoms with E-state index in [4.69, 9.17) is 10.00 Å². The van der Waals surface area contributed by atoms with E-state index in [0.717, 1.165) is 16.7 Å². The highest BCUT2D eigenvalue weighted by Crippen LogP contribution is 2.29. The molecule has 0 aliphatic carbocycles. The molecule has 1 atom stereocenters. The van der Waals surface area contributed by atoms with E-state index < -0.39 is 0 Å². The Balaban J connectivity index is 2.59. The molecule has 106 valence electrons. The summed E-state index contributed by atoms with van der Waals surface area (Å²) in [5.74, 6) is -0.373. The summed E-state index contributed by atoms with van der Waals surface area (Å²) in [7, 11) is 1.36. The molecule has 1 unspecified atom stereocenters. The summed E-state index contributed by atoms with van der Waals surface area (Å²) >= 11 is 3.52. The average molecular weight is 344 g/mol. The third-order valence-corrected chi connectivity index (χ3v) is 3.69. The molecule has 0 bridgehead atoms. The summed E-state index contributed by atoms with van der Waals surface area (Å²) in [4.78, 5) is 11.9. The van der Waals surface area contributed by atoms with Crippen LogP contribution >= 0.6 is 15.9 Å². The van der Waals surface area contributed by atoms with Crippen molar-refractivity contribution in [2.45, 2.75) is 11.8 Å². The second-order valence-electron chi connectivity index (χ2n) is 4.64. The van der Waals surface area contributed by atoms with E-state index in [1.54, 1.807) is 18.2 Å². The molecule has 0 aliphatic heterocycles. The van der Waals surface area contributed by atoms with Gasteiger partial charge in [-0.3, -0.25) is 0 Å². The molecule has 0 amide bonds. The first-order chi connectivity index (χ1) is 10.0. The molecule has 2 aromatic carbocycles. The van der Waals surface area contributed by atoms with Crippen molar-refractivity contribution in [3.63, 3.8) is 0 Å². The van der Waals surface area contributed by atoms with Gasteiger partial charge in [-0.15, -0.1) is 0 Å². The number of carbonyl (C=O) groups excluding carboxylic acids is 1. The number of alkyl halides is 1. The predicted molar refractivity (Wildman–Crippen MR) is 85.3 cm³/mol. The number of hydrogen-bond donors (Lipinski definition) is 0. The first kappa shape index (κ1) is 15.3. The van der Waals surface area contributed by atoms with E-state index in [-0.39, 0.29) is 10.8 Å². The molecule has 4 heteroatoms. The fourth-order valence-corrected chi connectivity index (χ4v) is 2.32. The number of hydrogen-bond acceptors (Lipinski definition) is 3. The molecule has 21 heavy (non-hydrogen) atoms. The molecule has 0 fully saturated rings. The zero-order valence-electron chi connectivity index (χ0n) is 11.8. The molecule has 0 radical (unpaired) electrons. The van der Waals surface area contributed by atoms with Crippen LogP contribution in [0.5, 0.6) is 0 Å². The van der Waals surface area contributed by atoms with E-state index in [1.807, 2.05) is 31.2 Å². The van der Waals surface area contributed by atoms with Crippen LogP contribution in [0.3, 0.4) is 0 Å². The summed E-state index contributed by atoms with van der Waals surface area (Å²) < 4.78 is 4.80. The Hall–Kier alpha value is -2.12. The molecular weight excluding hydrogens is 330 g/mol. The number of carbonyl (C=O) groups is 1. The summed E-state index contributed by atoms with van der Waals surface area (Å²) in [6.07, 6.45) is 0. The van der Waals surface area contributed by atoms with Crippen molar-refractivity contribution in [3.05, 3.63) is 59.2 Å². The fourth-order valence-electron chi connectivity index (χ4n) is 2.05. The van der Waals surface area contributed by atoms with Gasteiger partial charge in [0, 0.05) is 4.83 Å². The van der Waals surface area contributed by atoms with Crippen LogP contribution in [0.1, 0.15) is 33.2 Å². The summed E-state index contributed by atoms with van der Waals surface area (Å²) in [6.45, 7) is 1.99. The Morgan fingerprint density at radius 3 is 2.62 bits per heavy atom. The average Bonchev–Trinajstić information content (AvgIpc) is 2.53. The molecule has 0 aromatic heterocycles. The van der Waals surface area contributed by atoms with Gasteiger partial charge in [-0.25, -0.2) is 4.79 Å². The first-order valence-electron chi connectivity index (χ1n) is 6.43. The Kier molecular flexibility index (Phi) is 4.77. The molecule has 2 rings (SSSR count). The highest BCUT2D eigenvalue weighted by molar-refractivity contribution is 9.09. The van der Waals surface area contributed by atoms with Crippen LogP contribution in [0.2, 0.25) is 0 Å². The van der Waals surface area contributed by atoms with Crippen LogP contribution in [-0.4, -0.2) is 13.1 Å². The lowest BCUT2D eigenvalue weighted by molar-refractivity contribution is 0.0600. The van der Waals surface area contributed by atoms with Crippen molar-refractivity contribution >= 4 is 21.9 Å². The first-order valence-corrected chi connectivity index (χ1v) is 7.34. The van der Waals surface area contributed by atoms with Crippen LogP contribution in [0.25, 0.3) is 11.1 Å². The van der Waals surface area contributed by atoms with Crippen molar-refractivity contribution in [1.82, 2.24) is 0 Å². The molecule has 0 spiro atoms. The van der Waals surface area contributed by atoms with Crippen molar-refractivity contribution in [2.24, 2.45) is 0 Å². The summed E-state index contributed by atoms with van der Waals surface area (Å²) in [5, 5.41) is 9.00. The van der Waals surface area contributed by atoms with E-state index >= 15 is 0 Å². The summed E-state index contributed by atoms with van der Waals surface area (Å²) in [5.41, 5.74) is 3.85. The van der Waals surface area contributed by atoms with Crippen molar-refractivity contribution in [1.29, 1.82) is 5.26 Å². The Bertz CT molecular complexity index is 717. The van der Waals surface area contributed by atoms with Gasteiger partial charge in [-0.2, -0.15) is 5.26 Å². The minimum absolute atomic E-state index is 0.111. The molecule has 2 aromatic rings. The molecule has 0 N–H and O–H groups in total. The van der Waals surface area contributed by atoms with Gasteiger partial charge in [0.05, 0.1) is 24.3 Å². The number of nitriles is 1. The third kappa shape index (κ3) is 3.50. The fraction of sp³-hybridized carbons (Fsp3) is 0.176. The number of methoxy groups -OCH3 is 1. The van der Waals surface area contributed by atoms with E-state index in [9.17, 15) is 4.79 Å².